The molecule has 1 heterocycles. The number of hydrogen-bond donors (Lipinski definition) is 2. The number of carbonyl (C=O) groups is 2. The average Bonchev–Trinajstić information content (AvgIpc) is 3.16. The summed E-state index contributed by atoms with van der Waals surface area (Å²) in [4.78, 5) is 30.3. The van der Waals surface area contributed by atoms with Crippen molar-refractivity contribution in [3.63, 3.8) is 0 Å². The molecule has 0 spiro atoms. The number of aliphatic hydroxyl groups excluding tert-OH is 1. The Balaban J connectivity index is 1.88. The van der Waals surface area contributed by atoms with E-state index in [-0.39, 0.29) is 28.9 Å². The molecule has 1 aliphatic rings. The van der Waals surface area contributed by atoms with E-state index in [1.807, 2.05) is 45.0 Å². The standard InChI is InChI=1S/C31H34N2O5/c1-6-32(7-2)23-13-9-21(10-14-23)28-27(29(35)22-11-15-24(16-12-22)38-19(3)4)30(36)31(37)33(28)25-18-20(5)8-17-26(25)34/h8-19,28,34-35H,6-7H2,1-5H3/b29-27+. The van der Waals surface area contributed by atoms with Gasteiger partial charge in [-0.3, -0.25) is 14.5 Å². The van der Waals surface area contributed by atoms with Gasteiger partial charge in [0.05, 0.1) is 23.4 Å². The number of benzene rings is 3. The Morgan fingerprint density at radius 1 is 0.974 bits per heavy atom. The van der Waals surface area contributed by atoms with Crippen LogP contribution in [0.5, 0.6) is 11.5 Å². The van der Waals surface area contributed by atoms with Crippen LogP contribution in [-0.2, 0) is 9.59 Å². The zero-order chi connectivity index (χ0) is 27.6. The van der Waals surface area contributed by atoms with Gasteiger partial charge in [-0.05, 0) is 94.3 Å². The van der Waals surface area contributed by atoms with Crippen LogP contribution in [0.3, 0.4) is 0 Å². The van der Waals surface area contributed by atoms with Crippen molar-refractivity contribution in [3.05, 3.63) is 89.0 Å². The number of Topliss-reactive ketones (excluding diaryl/α,β-unsaturated/α-hetero) is 1. The Morgan fingerprint density at radius 3 is 2.18 bits per heavy atom. The number of nitrogens with zero attached hydrogens (tertiary/aromatic N) is 2. The molecular weight excluding hydrogens is 480 g/mol. The van der Waals surface area contributed by atoms with Crippen LogP contribution in [0, 0.1) is 6.92 Å². The van der Waals surface area contributed by atoms with Crippen molar-refractivity contribution in [1.82, 2.24) is 0 Å². The number of amides is 1. The lowest BCUT2D eigenvalue weighted by Gasteiger charge is -2.27. The summed E-state index contributed by atoms with van der Waals surface area (Å²) < 4.78 is 5.69. The highest BCUT2D eigenvalue weighted by molar-refractivity contribution is 6.52. The van der Waals surface area contributed by atoms with Gasteiger partial charge in [-0.2, -0.15) is 0 Å². The minimum Gasteiger partial charge on any atom is -0.507 e. The molecular formula is C31H34N2O5. The van der Waals surface area contributed by atoms with E-state index in [1.54, 1.807) is 36.4 Å². The molecule has 198 valence electrons. The number of aliphatic hydroxyl groups is 1. The smallest absolute Gasteiger partial charge is 0.300 e. The zero-order valence-corrected chi connectivity index (χ0v) is 22.4. The Morgan fingerprint density at radius 2 is 1.61 bits per heavy atom. The highest BCUT2D eigenvalue weighted by Crippen LogP contribution is 2.45. The van der Waals surface area contributed by atoms with Gasteiger partial charge in [-0.15, -0.1) is 0 Å². The quantitative estimate of drug-likeness (QED) is 0.219. The van der Waals surface area contributed by atoms with Crippen LogP contribution in [0.2, 0.25) is 0 Å². The van der Waals surface area contributed by atoms with Crippen LogP contribution in [0.1, 0.15) is 50.4 Å². The van der Waals surface area contributed by atoms with Gasteiger partial charge >= 0.3 is 0 Å². The number of anilines is 2. The van der Waals surface area contributed by atoms with Gasteiger partial charge in [0.15, 0.2) is 0 Å². The number of ether oxygens (including phenoxy) is 1. The van der Waals surface area contributed by atoms with E-state index in [0.717, 1.165) is 24.3 Å². The molecule has 1 fully saturated rings. The third-order valence-corrected chi connectivity index (χ3v) is 6.67. The molecule has 1 atom stereocenters. The Labute approximate surface area is 223 Å². The fourth-order valence-corrected chi connectivity index (χ4v) is 4.80. The van der Waals surface area contributed by atoms with E-state index in [1.165, 1.54) is 11.0 Å². The molecule has 1 amide bonds. The van der Waals surface area contributed by atoms with Crippen molar-refractivity contribution in [2.24, 2.45) is 0 Å². The molecule has 0 aromatic heterocycles. The summed E-state index contributed by atoms with van der Waals surface area (Å²) in [7, 11) is 0. The molecule has 1 aliphatic heterocycles. The molecule has 3 aromatic rings. The van der Waals surface area contributed by atoms with Gasteiger partial charge in [0, 0.05) is 24.3 Å². The van der Waals surface area contributed by atoms with E-state index in [0.29, 0.717) is 16.9 Å². The number of phenolic OH excluding ortho intramolecular Hbond substituents is 1. The molecule has 0 aliphatic carbocycles. The van der Waals surface area contributed by atoms with Crippen LogP contribution in [0.25, 0.3) is 5.76 Å². The Hall–Kier alpha value is -4.26. The predicted octanol–water partition coefficient (Wildman–Crippen LogP) is 5.96. The summed E-state index contributed by atoms with van der Waals surface area (Å²) in [6.07, 6.45) is -0.0129. The molecule has 7 nitrogen and oxygen atoms in total. The monoisotopic (exact) mass is 514 g/mol. The SMILES string of the molecule is CCN(CC)c1ccc(C2/C(=C(\O)c3ccc(OC(C)C)cc3)C(=O)C(=O)N2c2cc(C)ccc2O)cc1. The third kappa shape index (κ3) is 5.09. The van der Waals surface area contributed by atoms with Crippen molar-refractivity contribution >= 4 is 28.8 Å². The molecule has 3 aromatic carbocycles. The molecule has 0 radical (unpaired) electrons. The molecule has 7 heteroatoms. The first-order valence-electron chi connectivity index (χ1n) is 12.9. The number of rotatable bonds is 8. The average molecular weight is 515 g/mol. The van der Waals surface area contributed by atoms with E-state index in [4.69, 9.17) is 4.74 Å². The van der Waals surface area contributed by atoms with Crippen LogP contribution >= 0.6 is 0 Å². The Kier molecular flexibility index (Phi) is 7.76. The number of aromatic hydroxyl groups is 1. The van der Waals surface area contributed by atoms with Crippen LogP contribution in [0.15, 0.2) is 72.3 Å². The topological polar surface area (TPSA) is 90.3 Å². The van der Waals surface area contributed by atoms with Gasteiger partial charge in [-0.1, -0.05) is 18.2 Å². The van der Waals surface area contributed by atoms with Gasteiger partial charge in [0.25, 0.3) is 11.7 Å². The second-order valence-electron chi connectivity index (χ2n) is 9.62. The number of carbonyl (C=O) groups excluding carboxylic acids is 2. The van der Waals surface area contributed by atoms with E-state index >= 15 is 0 Å². The lowest BCUT2D eigenvalue weighted by molar-refractivity contribution is -0.132. The van der Waals surface area contributed by atoms with Gasteiger partial charge in [-0.25, -0.2) is 0 Å². The summed E-state index contributed by atoms with van der Waals surface area (Å²) in [6, 6.07) is 18.3. The van der Waals surface area contributed by atoms with E-state index in [2.05, 4.69) is 18.7 Å². The second-order valence-corrected chi connectivity index (χ2v) is 9.62. The van der Waals surface area contributed by atoms with Crippen LogP contribution < -0.4 is 14.5 Å². The molecule has 0 saturated carbocycles. The van der Waals surface area contributed by atoms with Gasteiger partial charge in [0.2, 0.25) is 0 Å². The van der Waals surface area contributed by atoms with Crippen molar-refractivity contribution in [1.29, 1.82) is 0 Å². The summed E-state index contributed by atoms with van der Waals surface area (Å²) in [5.41, 5.74) is 3.03. The number of hydrogen-bond acceptors (Lipinski definition) is 6. The molecule has 1 saturated heterocycles. The Bertz CT molecular complexity index is 1360. The first kappa shape index (κ1) is 26.8. The maximum Gasteiger partial charge on any atom is 0.300 e. The van der Waals surface area contributed by atoms with E-state index < -0.39 is 17.7 Å². The lowest BCUT2D eigenvalue weighted by Crippen LogP contribution is -2.29. The minimum absolute atomic E-state index is 0.0129. The zero-order valence-electron chi connectivity index (χ0n) is 22.4. The first-order chi connectivity index (χ1) is 18.2. The number of ketones is 1. The maximum atomic E-state index is 13.4. The van der Waals surface area contributed by atoms with Crippen LogP contribution in [-0.4, -0.2) is 41.1 Å². The van der Waals surface area contributed by atoms with Crippen molar-refractivity contribution in [2.75, 3.05) is 22.9 Å². The molecule has 2 N–H and O–H groups in total. The van der Waals surface area contributed by atoms with Crippen molar-refractivity contribution in [3.8, 4) is 11.5 Å². The van der Waals surface area contributed by atoms with Crippen LogP contribution in [0.4, 0.5) is 11.4 Å². The largest absolute Gasteiger partial charge is 0.507 e. The molecule has 4 rings (SSSR count). The summed E-state index contributed by atoms with van der Waals surface area (Å²) in [6.45, 7) is 11.5. The fraction of sp³-hybridized carbons (Fsp3) is 0.290. The minimum atomic E-state index is -0.931. The van der Waals surface area contributed by atoms with Crippen molar-refractivity contribution < 1.29 is 24.5 Å². The van der Waals surface area contributed by atoms with Gasteiger partial charge < -0.3 is 19.8 Å². The van der Waals surface area contributed by atoms with Crippen molar-refractivity contribution in [2.45, 2.75) is 46.8 Å². The second kappa shape index (κ2) is 11.0. The summed E-state index contributed by atoms with van der Waals surface area (Å²) in [5.74, 6) is -1.41. The predicted molar refractivity (Wildman–Crippen MR) is 150 cm³/mol. The summed E-state index contributed by atoms with van der Waals surface area (Å²) >= 11 is 0. The number of phenols is 1. The van der Waals surface area contributed by atoms with E-state index in [9.17, 15) is 19.8 Å². The van der Waals surface area contributed by atoms with Gasteiger partial charge in [0.1, 0.15) is 17.3 Å². The molecule has 0 bridgehead atoms. The third-order valence-electron chi connectivity index (χ3n) is 6.67. The maximum absolute atomic E-state index is 13.4. The normalized spacial score (nSPS) is 16.8. The highest BCUT2D eigenvalue weighted by Gasteiger charge is 2.47. The lowest BCUT2D eigenvalue weighted by atomic mass is 9.94. The number of aryl methyl sites for hydroxylation is 1. The fourth-order valence-electron chi connectivity index (χ4n) is 4.80. The summed E-state index contributed by atoms with van der Waals surface area (Å²) in [5, 5.41) is 22.1. The first-order valence-corrected chi connectivity index (χ1v) is 12.9. The molecule has 1 unspecified atom stereocenters. The molecule has 38 heavy (non-hydrogen) atoms. The highest BCUT2D eigenvalue weighted by atomic mass is 16.5.